The maximum atomic E-state index is 11.9. The number of hydrogen-bond acceptors (Lipinski definition) is 4. The first-order chi connectivity index (χ1) is 9.56. The number of thiol groups is 1. The van der Waals surface area contributed by atoms with E-state index >= 15 is 0 Å². The van der Waals surface area contributed by atoms with Crippen molar-refractivity contribution in [1.29, 1.82) is 0 Å². The molecule has 0 aliphatic rings. The fourth-order valence-electron chi connectivity index (χ4n) is 1.60. The van der Waals surface area contributed by atoms with Crippen LogP contribution in [-0.2, 0) is 0 Å². The van der Waals surface area contributed by atoms with Crippen molar-refractivity contribution < 1.29 is 9.72 Å². The normalized spacial score (nSPS) is 10.7. The molecule has 0 saturated carbocycles. The highest BCUT2D eigenvalue weighted by Crippen LogP contribution is 2.14. The Bertz CT molecular complexity index is 661. The van der Waals surface area contributed by atoms with Gasteiger partial charge in [-0.25, -0.2) is 0 Å². The number of nitrogens with zero attached hydrogens (tertiary/aromatic N) is 1. The second-order valence-electron chi connectivity index (χ2n) is 4.09. The first kappa shape index (κ1) is 14.0. The molecule has 2 aromatic carbocycles. The van der Waals surface area contributed by atoms with Crippen LogP contribution in [0.3, 0.4) is 0 Å². The Morgan fingerprint density at radius 2 is 1.65 bits per heavy atom. The molecule has 20 heavy (non-hydrogen) atoms. The van der Waals surface area contributed by atoms with Gasteiger partial charge in [0.05, 0.1) is 4.92 Å². The van der Waals surface area contributed by atoms with Crippen molar-refractivity contribution >= 4 is 30.2 Å². The summed E-state index contributed by atoms with van der Waals surface area (Å²) < 4.78 is 0. The molecular formula is C15H11NO3S. The van der Waals surface area contributed by atoms with Gasteiger partial charge in [-0.2, -0.15) is 0 Å². The van der Waals surface area contributed by atoms with Crippen molar-refractivity contribution in [2.75, 3.05) is 0 Å². The van der Waals surface area contributed by atoms with Gasteiger partial charge in [-0.3, -0.25) is 14.9 Å². The SMILES string of the molecule is O=C(/C=C/c1ccc(S)cc1)c1ccc([N+](=O)[O-])cc1. The smallest absolute Gasteiger partial charge is 0.269 e. The molecule has 0 unspecified atom stereocenters. The van der Waals surface area contributed by atoms with Crippen molar-refractivity contribution in [3.63, 3.8) is 0 Å². The number of carbonyl (C=O) groups excluding carboxylic acids is 1. The topological polar surface area (TPSA) is 60.2 Å². The van der Waals surface area contributed by atoms with E-state index in [1.54, 1.807) is 6.08 Å². The highest BCUT2D eigenvalue weighted by atomic mass is 32.1. The van der Waals surface area contributed by atoms with Gasteiger partial charge in [0.2, 0.25) is 0 Å². The molecule has 0 radical (unpaired) electrons. The second kappa shape index (κ2) is 6.16. The maximum absolute atomic E-state index is 11.9. The minimum atomic E-state index is -0.497. The van der Waals surface area contributed by atoms with E-state index in [0.717, 1.165) is 10.5 Å². The molecule has 0 fully saturated rings. The van der Waals surface area contributed by atoms with Gasteiger partial charge in [0.1, 0.15) is 0 Å². The number of non-ortho nitro benzene ring substituents is 1. The van der Waals surface area contributed by atoms with Gasteiger partial charge >= 0.3 is 0 Å². The van der Waals surface area contributed by atoms with Crippen LogP contribution >= 0.6 is 12.6 Å². The minimum absolute atomic E-state index is 0.0325. The summed E-state index contributed by atoms with van der Waals surface area (Å²) in [5.74, 6) is -0.199. The van der Waals surface area contributed by atoms with E-state index in [0.29, 0.717) is 5.56 Å². The third-order valence-corrected chi connectivity index (χ3v) is 2.98. The van der Waals surface area contributed by atoms with E-state index in [9.17, 15) is 14.9 Å². The van der Waals surface area contributed by atoms with Gasteiger partial charge in [-0.1, -0.05) is 18.2 Å². The molecule has 5 heteroatoms. The number of allylic oxidation sites excluding steroid dienone is 1. The van der Waals surface area contributed by atoms with Gasteiger partial charge in [0.25, 0.3) is 5.69 Å². The summed E-state index contributed by atoms with van der Waals surface area (Å²) >= 11 is 4.18. The summed E-state index contributed by atoms with van der Waals surface area (Å²) in [5, 5.41) is 10.5. The Labute approximate surface area is 121 Å². The average molecular weight is 285 g/mol. The summed E-state index contributed by atoms with van der Waals surface area (Å²) in [7, 11) is 0. The first-order valence-corrected chi connectivity index (χ1v) is 6.27. The molecule has 0 N–H and O–H groups in total. The zero-order valence-corrected chi connectivity index (χ0v) is 11.3. The number of ketones is 1. The standard InChI is InChI=1S/C15H11NO3S/c17-15(10-3-11-1-8-14(20)9-2-11)12-4-6-13(7-5-12)16(18)19/h1-10,20H/b10-3+. The Kier molecular flexibility index (Phi) is 4.32. The summed E-state index contributed by atoms with van der Waals surface area (Å²) in [6, 6.07) is 12.9. The molecule has 0 heterocycles. The Morgan fingerprint density at radius 3 is 2.20 bits per heavy atom. The predicted molar refractivity (Wildman–Crippen MR) is 80.2 cm³/mol. The number of rotatable bonds is 4. The zero-order valence-electron chi connectivity index (χ0n) is 10.4. The average Bonchev–Trinajstić information content (AvgIpc) is 2.46. The lowest BCUT2D eigenvalue weighted by atomic mass is 10.1. The lowest BCUT2D eigenvalue weighted by Gasteiger charge is -1.96. The van der Waals surface area contributed by atoms with Crippen LogP contribution in [0.1, 0.15) is 15.9 Å². The largest absolute Gasteiger partial charge is 0.289 e. The molecule has 2 aromatic rings. The predicted octanol–water partition coefficient (Wildman–Crippen LogP) is 3.78. The summed E-state index contributed by atoms with van der Waals surface area (Å²) in [6.07, 6.45) is 3.13. The molecule has 0 saturated heterocycles. The van der Waals surface area contributed by atoms with Gasteiger partial charge in [-0.15, -0.1) is 12.6 Å². The van der Waals surface area contributed by atoms with Gasteiger partial charge < -0.3 is 0 Å². The van der Waals surface area contributed by atoms with E-state index in [4.69, 9.17) is 0 Å². The highest BCUT2D eigenvalue weighted by molar-refractivity contribution is 7.80. The molecule has 0 amide bonds. The number of hydrogen-bond donors (Lipinski definition) is 1. The van der Waals surface area contributed by atoms with Crippen LogP contribution < -0.4 is 0 Å². The molecule has 0 spiro atoms. The van der Waals surface area contributed by atoms with Crippen molar-refractivity contribution in [2.45, 2.75) is 4.90 Å². The Balaban J connectivity index is 2.11. The molecular weight excluding hydrogens is 274 g/mol. The fraction of sp³-hybridized carbons (Fsp3) is 0. The van der Waals surface area contributed by atoms with E-state index in [-0.39, 0.29) is 11.5 Å². The first-order valence-electron chi connectivity index (χ1n) is 5.82. The molecule has 0 aromatic heterocycles. The molecule has 0 bridgehead atoms. The van der Waals surface area contributed by atoms with Crippen LogP contribution in [0.15, 0.2) is 59.5 Å². The van der Waals surface area contributed by atoms with Gasteiger partial charge in [-0.05, 0) is 35.9 Å². The third-order valence-electron chi connectivity index (χ3n) is 2.68. The van der Waals surface area contributed by atoms with Crippen LogP contribution in [0.4, 0.5) is 5.69 Å². The Hall–Kier alpha value is -2.40. The van der Waals surface area contributed by atoms with Crippen LogP contribution in [0.5, 0.6) is 0 Å². The van der Waals surface area contributed by atoms with Crippen molar-refractivity contribution in [1.82, 2.24) is 0 Å². The summed E-state index contributed by atoms with van der Waals surface area (Å²) in [5.41, 5.74) is 1.27. The molecule has 100 valence electrons. The van der Waals surface area contributed by atoms with Crippen molar-refractivity contribution in [3.8, 4) is 0 Å². The summed E-state index contributed by atoms with van der Waals surface area (Å²) in [4.78, 5) is 22.8. The highest BCUT2D eigenvalue weighted by Gasteiger charge is 2.07. The van der Waals surface area contributed by atoms with E-state index < -0.39 is 4.92 Å². The van der Waals surface area contributed by atoms with Gasteiger partial charge in [0, 0.05) is 22.6 Å². The monoisotopic (exact) mass is 285 g/mol. The van der Waals surface area contributed by atoms with Crippen LogP contribution in [0, 0.1) is 10.1 Å². The van der Waals surface area contributed by atoms with Gasteiger partial charge in [0.15, 0.2) is 5.78 Å². The number of nitro groups is 1. The molecule has 2 rings (SSSR count). The maximum Gasteiger partial charge on any atom is 0.269 e. The molecule has 0 atom stereocenters. The number of nitro benzene ring substituents is 1. The van der Waals surface area contributed by atoms with Crippen LogP contribution in [0.25, 0.3) is 6.08 Å². The number of carbonyl (C=O) groups is 1. The van der Waals surface area contributed by atoms with Crippen molar-refractivity contribution in [2.24, 2.45) is 0 Å². The van der Waals surface area contributed by atoms with Crippen LogP contribution in [-0.4, -0.2) is 10.7 Å². The molecule has 0 aliphatic carbocycles. The van der Waals surface area contributed by atoms with E-state index in [1.807, 2.05) is 24.3 Å². The summed E-state index contributed by atoms with van der Waals surface area (Å²) in [6.45, 7) is 0. The second-order valence-corrected chi connectivity index (χ2v) is 4.61. The number of benzene rings is 2. The third kappa shape index (κ3) is 3.55. The minimum Gasteiger partial charge on any atom is -0.289 e. The fourth-order valence-corrected chi connectivity index (χ4v) is 1.75. The zero-order chi connectivity index (χ0) is 14.5. The molecule has 4 nitrogen and oxygen atoms in total. The van der Waals surface area contributed by atoms with Crippen LogP contribution in [0.2, 0.25) is 0 Å². The quantitative estimate of drug-likeness (QED) is 0.306. The lowest BCUT2D eigenvalue weighted by Crippen LogP contribution is -1.95. The van der Waals surface area contributed by atoms with Crippen molar-refractivity contribution in [3.05, 3.63) is 75.8 Å². The van der Waals surface area contributed by atoms with E-state index in [2.05, 4.69) is 12.6 Å². The Morgan fingerprint density at radius 1 is 1.05 bits per heavy atom. The molecule has 0 aliphatic heterocycles. The lowest BCUT2D eigenvalue weighted by molar-refractivity contribution is -0.384. The van der Waals surface area contributed by atoms with E-state index in [1.165, 1.54) is 30.3 Å².